The number of rotatable bonds is 4. The molecule has 4 nitrogen and oxygen atoms in total. The number of likely N-dealkylation sites (N-methyl/N-ethyl adjacent to an activating group) is 1. The molecule has 0 aromatic heterocycles. The summed E-state index contributed by atoms with van der Waals surface area (Å²) in [5.74, 6) is 2.52. The first-order valence-electron chi connectivity index (χ1n) is 11.3. The first kappa shape index (κ1) is 20.1. The Morgan fingerprint density at radius 3 is 2.61 bits per heavy atom. The molecule has 1 N–H and O–H groups in total. The number of nitrogens with zero attached hydrogens (tertiary/aromatic N) is 1. The molecule has 0 aliphatic heterocycles. The molecule has 0 saturated heterocycles. The standard InChI is InChI=1S/C24H38N2O2/c1-22(2)19-8-6-16-17-7-9-21(27)24(17,4)12-10-18(16)23(19,3)13-11-20(22)26-28-15-14-25-5/h8,16-18,25H,6-7,9-15H2,1-5H3/b26-20-/t16-,17-,18-,23+,24-/m0/s1. The first-order valence-corrected chi connectivity index (χ1v) is 11.3. The summed E-state index contributed by atoms with van der Waals surface area (Å²) in [6.07, 6.45) is 10.1. The summed E-state index contributed by atoms with van der Waals surface area (Å²) >= 11 is 0. The number of oxime groups is 1. The van der Waals surface area contributed by atoms with Crippen molar-refractivity contribution in [2.24, 2.45) is 39.2 Å². The third-order valence-corrected chi connectivity index (χ3v) is 9.07. The van der Waals surface area contributed by atoms with E-state index in [1.54, 1.807) is 5.57 Å². The van der Waals surface area contributed by atoms with E-state index in [4.69, 9.17) is 4.84 Å². The van der Waals surface area contributed by atoms with Gasteiger partial charge in [-0.05, 0) is 68.7 Å². The zero-order valence-corrected chi connectivity index (χ0v) is 18.4. The molecule has 4 rings (SSSR count). The van der Waals surface area contributed by atoms with Crippen LogP contribution in [-0.4, -0.2) is 31.7 Å². The van der Waals surface area contributed by atoms with Crippen LogP contribution in [0.3, 0.4) is 0 Å². The Labute approximate surface area is 170 Å². The molecule has 0 spiro atoms. The van der Waals surface area contributed by atoms with E-state index in [0.29, 0.717) is 30.1 Å². The van der Waals surface area contributed by atoms with Crippen molar-refractivity contribution in [2.45, 2.75) is 72.6 Å². The number of allylic oxidation sites excluding steroid dienone is 2. The molecular formula is C24H38N2O2. The van der Waals surface area contributed by atoms with Crippen molar-refractivity contribution in [1.82, 2.24) is 5.32 Å². The molecule has 28 heavy (non-hydrogen) atoms. The number of nitrogens with one attached hydrogen (secondary N) is 1. The van der Waals surface area contributed by atoms with E-state index in [1.165, 1.54) is 12.1 Å². The van der Waals surface area contributed by atoms with Gasteiger partial charge in [0.1, 0.15) is 12.4 Å². The number of hydrogen-bond donors (Lipinski definition) is 1. The highest BCUT2D eigenvalue weighted by atomic mass is 16.6. The van der Waals surface area contributed by atoms with E-state index < -0.39 is 0 Å². The average Bonchev–Trinajstić information content (AvgIpc) is 2.95. The maximum Gasteiger partial charge on any atom is 0.139 e. The maximum absolute atomic E-state index is 12.6. The first-order chi connectivity index (χ1) is 13.2. The minimum atomic E-state index is -0.0408. The van der Waals surface area contributed by atoms with Gasteiger partial charge in [-0.2, -0.15) is 0 Å². The lowest BCUT2D eigenvalue weighted by Gasteiger charge is -2.59. The van der Waals surface area contributed by atoms with Gasteiger partial charge in [0.05, 0.1) is 5.71 Å². The minimum Gasteiger partial charge on any atom is -0.394 e. The number of ketones is 1. The van der Waals surface area contributed by atoms with Gasteiger partial charge in [-0.3, -0.25) is 4.79 Å². The monoisotopic (exact) mass is 386 g/mol. The van der Waals surface area contributed by atoms with Crippen LogP contribution in [0.15, 0.2) is 16.8 Å². The lowest BCUT2D eigenvalue weighted by atomic mass is 9.45. The van der Waals surface area contributed by atoms with Gasteiger partial charge >= 0.3 is 0 Å². The molecular weight excluding hydrogens is 348 g/mol. The van der Waals surface area contributed by atoms with E-state index in [2.05, 4.69) is 44.2 Å². The maximum atomic E-state index is 12.6. The fourth-order valence-electron chi connectivity index (χ4n) is 7.43. The van der Waals surface area contributed by atoms with Gasteiger partial charge in [-0.25, -0.2) is 0 Å². The lowest BCUT2D eigenvalue weighted by molar-refractivity contribution is -0.131. The summed E-state index contributed by atoms with van der Waals surface area (Å²) in [5, 5.41) is 7.67. The molecule has 3 fully saturated rings. The summed E-state index contributed by atoms with van der Waals surface area (Å²) in [4.78, 5) is 18.2. The Morgan fingerprint density at radius 2 is 1.86 bits per heavy atom. The second kappa shape index (κ2) is 6.97. The van der Waals surface area contributed by atoms with Gasteiger partial charge in [0, 0.05) is 23.8 Å². The smallest absolute Gasteiger partial charge is 0.139 e. The average molecular weight is 387 g/mol. The van der Waals surface area contributed by atoms with Gasteiger partial charge in [0.2, 0.25) is 0 Å². The fourth-order valence-corrected chi connectivity index (χ4v) is 7.43. The van der Waals surface area contributed by atoms with Crippen LogP contribution in [0.1, 0.15) is 72.6 Å². The highest BCUT2D eigenvalue weighted by molar-refractivity contribution is 5.93. The molecule has 0 bridgehead atoms. The Hall–Kier alpha value is -1.16. The van der Waals surface area contributed by atoms with Crippen molar-refractivity contribution in [3.8, 4) is 0 Å². The summed E-state index contributed by atoms with van der Waals surface area (Å²) in [5.41, 5.74) is 2.94. The van der Waals surface area contributed by atoms with Crippen molar-refractivity contribution < 1.29 is 9.63 Å². The molecule has 0 amide bonds. The largest absolute Gasteiger partial charge is 0.394 e. The second-order valence-electron chi connectivity index (χ2n) is 10.7. The highest BCUT2D eigenvalue weighted by Crippen LogP contribution is 2.66. The Kier molecular flexibility index (Phi) is 5.01. The summed E-state index contributed by atoms with van der Waals surface area (Å²) in [7, 11) is 1.93. The van der Waals surface area contributed by atoms with Crippen molar-refractivity contribution >= 4 is 11.5 Å². The third-order valence-electron chi connectivity index (χ3n) is 9.07. The van der Waals surface area contributed by atoms with Crippen LogP contribution >= 0.6 is 0 Å². The SMILES string of the molecule is CNCCO/N=C1/CC[C@@]2(C)C(=CC[C@@H]3[C@@H]2CC[C@]2(C)C(=O)CC[C@@H]32)C1(C)C. The van der Waals surface area contributed by atoms with Gasteiger partial charge in [0.15, 0.2) is 0 Å². The van der Waals surface area contributed by atoms with Crippen LogP contribution in [0, 0.1) is 34.0 Å². The predicted octanol–water partition coefficient (Wildman–Crippen LogP) is 4.75. The van der Waals surface area contributed by atoms with Crippen LogP contribution < -0.4 is 5.32 Å². The molecule has 156 valence electrons. The molecule has 0 aromatic carbocycles. The molecule has 0 unspecified atom stereocenters. The fraction of sp³-hybridized carbons (Fsp3) is 0.833. The van der Waals surface area contributed by atoms with E-state index in [1.807, 2.05) is 7.05 Å². The van der Waals surface area contributed by atoms with Gasteiger partial charge in [-0.15, -0.1) is 0 Å². The van der Waals surface area contributed by atoms with Crippen molar-refractivity contribution in [1.29, 1.82) is 0 Å². The van der Waals surface area contributed by atoms with E-state index in [-0.39, 0.29) is 16.2 Å². The van der Waals surface area contributed by atoms with Crippen LogP contribution in [0.4, 0.5) is 0 Å². The normalized spacial score (nSPS) is 43.2. The number of carbonyl (C=O) groups excluding carboxylic acids is 1. The zero-order chi connectivity index (χ0) is 20.2. The predicted molar refractivity (Wildman–Crippen MR) is 113 cm³/mol. The van der Waals surface area contributed by atoms with Crippen LogP contribution in [0.2, 0.25) is 0 Å². The molecule has 0 radical (unpaired) electrons. The Morgan fingerprint density at radius 1 is 1.11 bits per heavy atom. The summed E-state index contributed by atoms with van der Waals surface area (Å²) < 4.78 is 0. The van der Waals surface area contributed by atoms with Gasteiger partial charge in [0.25, 0.3) is 0 Å². The quantitative estimate of drug-likeness (QED) is 0.431. The van der Waals surface area contributed by atoms with E-state index >= 15 is 0 Å². The van der Waals surface area contributed by atoms with Gasteiger partial charge in [-0.1, -0.05) is 44.5 Å². The minimum absolute atomic E-state index is 0.0378. The molecule has 4 aliphatic carbocycles. The third kappa shape index (κ3) is 2.81. The van der Waals surface area contributed by atoms with Gasteiger partial charge < -0.3 is 10.2 Å². The number of Topliss-reactive ketones (excluding diaryl/α,β-unsaturated/α-hetero) is 1. The number of hydrogen-bond acceptors (Lipinski definition) is 4. The highest BCUT2D eigenvalue weighted by Gasteiger charge is 2.60. The number of fused-ring (bicyclic) bond motifs is 5. The summed E-state index contributed by atoms with van der Waals surface area (Å²) in [6, 6.07) is 0. The molecule has 0 heterocycles. The lowest BCUT2D eigenvalue weighted by Crippen LogP contribution is -2.53. The van der Waals surface area contributed by atoms with E-state index in [0.717, 1.165) is 45.1 Å². The Balaban J connectivity index is 1.61. The Bertz CT molecular complexity index is 709. The topological polar surface area (TPSA) is 50.7 Å². The zero-order valence-electron chi connectivity index (χ0n) is 18.4. The van der Waals surface area contributed by atoms with Crippen LogP contribution in [0.25, 0.3) is 0 Å². The van der Waals surface area contributed by atoms with Crippen LogP contribution in [0.5, 0.6) is 0 Å². The van der Waals surface area contributed by atoms with E-state index in [9.17, 15) is 4.79 Å². The van der Waals surface area contributed by atoms with Crippen molar-refractivity contribution in [3.05, 3.63) is 11.6 Å². The molecule has 5 atom stereocenters. The van der Waals surface area contributed by atoms with Crippen LogP contribution in [-0.2, 0) is 9.63 Å². The molecule has 4 heteroatoms. The molecule has 3 saturated carbocycles. The molecule has 0 aromatic rings. The second-order valence-corrected chi connectivity index (χ2v) is 10.7. The van der Waals surface area contributed by atoms with Crippen molar-refractivity contribution in [3.63, 3.8) is 0 Å². The number of carbonyl (C=O) groups is 1. The summed E-state index contributed by atoms with van der Waals surface area (Å²) in [6.45, 7) is 10.9. The molecule has 4 aliphatic rings. The van der Waals surface area contributed by atoms with Crippen molar-refractivity contribution in [2.75, 3.05) is 20.2 Å².